The number of nitrogens with zero attached hydrogens (tertiary/aromatic N) is 8. The summed E-state index contributed by atoms with van der Waals surface area (Å²) >= 11 is 0. The number of carbonyl (C=O) groups excluding carboxylic acids is 1. The van der Waals surface area contributed by atoms with Crippen LogP contribution >= 0.6 is 0 Å². The average molecular weight is 509 g/mol. The van der Waals surface area contributed by atoms with Crippen LogP contribution in [-0.4, -0.2) is 46.4 Å². The molecule has 1 aliphatic rings. The molecular formula is C26H21FN10O. The average Bonchev–Trinajstić information content (AvgIpc) is 3.39. The predicted molar refractivity (Wildman–Crippen MR) is 138 cm³/mol. The number of hydrogen-bond donors (Lipinski definition) is 2. The van der Waals surface area contributed by atoms with E-state index in [4.69, 9.17) is 5.73 Å². The highest BCUT2D eigenvalue weighted by atomic mass is 19.1. The smallest absolute Gasteiger partial charge is 0.276 e. The molecule has 1 amide bonds. The second-order valence-corrected chi connectivity index (χ2v) is 9.23. The first-order valence-electron chi connectivity index (χ1n) is 11.7. The van der Waals surface area contributed by atoms with Gasteiger partial charge in [0.1, 0.15) is 23.0 Å². The van der Waals surface area contributed by atoms with Gasteiger partial charge in [-0.2, -0.15) is 5.10 Å². The van der Waals surface area contributed by atoms with E-state index in [1.54, 1.807) is 35.1 Å². The highest BCUT2D eigenvalue weighted by Gasteiger charge is 2.40. The van der Waals surface area contributed by atoms with Gasteiger partial charge >= 0.3 is 0 Å². The minimum atomic E-state index is -0.781. The standard InChI is InChI=1S/C26H21FN10O/c1-26(2)18-20(24(38)32-17-12-29-10-11-30-17)33-22(34-21(18)35-25(26)28)19-15-7-5-9-31-23(15)37(36-19)13-14-6-3-4-8-16(14)27/h3-12H,13H2,1-2H3,(H,30,32,38)(H2,28,33,34,35). The van der Waals surface area contributed by atoms with Crippen LogP contribution < -0.4 is 11.1 Å². The molecule has 0 saturated heterocycles. The summed E-state index contributed by atoms with van der Waals surface area (Å²) in [5.41, 5.74) is 7.37. The Balaban J connectivity index is 1.51. The summed E-state index contributed by atoms with van der Waals surface area (Å²) in [5.74, 6) is 0.146. The molecule has 0 spiro atoms. The number of anilines is 1. The summed E-state index contributed by atoms with van der Waals surface area (Å²) in [5, 5.41) is 8.05. The van der Waals surface area contributed by atoms with Crippen LogP contribution in [0.5, 0.6) is 0 Å². The SMILES string of the molecule is CC1(C)C(N)=Nc2nc(-c3nn(Cc4ccccc4F)c4ncccc34)nc(C(=O)Nc3cnccn3)c21. The van der Waals surface area contributed by atoms with E-state index in [9.17, 15) is 9.18 Å². The molecule has 188 valence electrons. The first-order valence-corrected chi connectivity index (χ1v) is 11.7. The Morgan fingerprint density at radius 2 is 1.92 bits per heavy atom. The molecule has 0 aliphatic carbocycles. The second-order valence-electron chi connectivity index (χ2n) is 9.23. The van der Waals surface area contributed by atoms with E-state index >= 15 is 0 Å². The molecule has 0 bridgehead atoms. The van der Waals surface area contributed by atoms with Gasteiger partial charge in [0.2, 0.25) is 0 Å². The van der Waals surface area contributed by atoms with E-state index in [0.29, 0.717) is 33.7 Å². The molecule has 12 heteroatoms. The lowest BCUT2D eigenvalue weighted by Gasteiger charge is -2.21. The van der Waals surface area contributed by atoms with E-state index in [1.807, 2.05) is 19.9 Å². The van der Waals surface area contributed by atoms with Gasteiger partial charge in [0.05, 0.1) is 23.5 Å². The number of halogens is 1. The lowest BCUT2D eigenvalue weighted by molar-refractivity contribution is 0.102. The molecule has 38 heavy (non-hydrogen) atoms. The van der Waals surface area contributed by atoms with Crippen LogP contribution in [0.1, 0.15) is 35.5 Å². The van der Waals surface area contributed by atoms with Crippen LogP contribution in [0, 0.1) is 5.82 Å². The van der Waals surface area contributed by atoms with Gasteiger partial charge in [0.25, 0.3) is 5.91 Å². The number of nitrogens with one attached hydrogen (secondary N) is 1. The largest absolute Gasteiger partial charge is 0.386 e. The number of aliphatic imine (C=N–C) groups is 1. The van der Waals surface area contributed by atoms with Crippen molar-refractivity contribution in [1.29, 1.82) is 0 Å². The molecule has 0 atom stereocenters. The molecule has 0 unspecified atom stereocenters. The van der Waals surface area contributed by atoms with Gasteiger partial charge < -0.3 is 11.1 Å². The van der Waals surface area contributed by atoms with E-state index in [2.05, 4.69) is 40.3 Å². The first-order chi connectivity index (χ1) is 18.3. The van der Waals surface area contributed by atoms with Crippen molar-refractivity contribution in [2.45, 2.75) is 25.8 Å². The third kappa shape index (κ3) is 3.82. The van der Waals surface area contributed by atoms with Gasteiger partial charge in [0, 0.05) is 29.7 Å². The Bertz CT molecular complexity index is 1750. The predicted octanol–water partition coefficient (Wildman–Crippen LogP) is 3.40. The summed E-state index contributed by atoms with van der Waals surface area (Å²) in [7, 11) is 0. The zero-order valence-corrected chi connectivity index (χ0v) is 20.4. The number of rotatable bonds is 5. The molecule has 3 N–H and O–H groups in total. The zero-order chi connectivity index (χ0) is 26.4. The highest BCUT2D eigenvalue weighted by Crippen LogP contribution is 2.40. The lowest BCUT2D eigenvalue weighted by atomic mass is 9.84. The van der Waals surface area contributed by atoms with E-state index in [1.165, 1.54) is 24.7 Å². The Labute approximate surface area is 215 Å². The van der Waals surface area contributed by atoms with Gasteiger partial charge in [0.15, 0.2) is 23.1 Å². The number of amides is 1. The minimum absolute atomic E-state index is 0.0885. The molecule has 0 saturated carbocycles. The van der Waals surface area contributed by atoms with Gasteiger partial charge in [-0.25, -0.2) is 34.0 Å². The van der Waals surface area contributed by atoms with Crippen molar-refractivity contribution in [2.75, 3.05) is 5.32 Å². The summed E-state index contributed by atoms with van der Waals surface area (Å²) in [6.45, 7) is 3.84. The number of carbonyl (C=O) groups is 1. The Hall–Kier alpha value is -5.13. The number of aromatic nitrogens is 7. The maximum absolute atomic E-state index is 14.4. The Morgan fingerprint density at radius 3 is 2.71 bits per heavy atom. The minimum Gasteiger partial charge on any atom is -0.386 e. The van der Waals surface area contributed by atoms with Crippen LogP contribution in [0.2, 0.25) is 0 Å². The maximum Gasteiger partial charge on any atom is 0.276 e. The fourth-order valence-electron chi connectivity index (χ4n) is 4.37. The Morgan fingerprint density at radius 1 is 1.08 bits per heavy atom. The van der Waals surface area contributed by atoms with Crippen LogP contribution in [-0.2, 0) is 12.0 Å². The van der Waals surface area contributed by atoms with Crippen molar-refractivity contribution in [3.8, 4) is 11.5 Å². The molecule has 0 radical (unpaired) electrons. The highest BCUT2D eigenvalue weighted by molar-refractivity contribution is 6.08. The molecular weight excluding hydrogens is 487 g/mol. The fourth-order valence-corrected chi connectivity index (χ4v) is 4.37. The maximum atomic E-state index is 14.4. The van der Waals surface area contributed by atoms with Crippen molar-refractivity contribution in [2.24, 2.45) is 10.7 Å². The zero-order valence-electron chi connectivity index (χ0n) is 20.4. The van der Waals surface area contributed by atoms with Gasteiger partial charge in [-0.1, -0.05) is 18.2 Å². The van der Waals surface area contributed by atoms with Crippen LogP contribution in [0.4, 0.5) is 16.0 Å². The van der Waals surface area contributed by atoms with Gasteiger partial charge in [-0.05, 0) is 32.0 Å². The summed E-state index contributed by atoms with van der Waals surface area (Å²) in [6, 6.07) is 10.0. The molecule has 4 aromatic heterocycles. The van der Waals surface area contributed by atoms with Crippen molar-refractivity contribution in [3.63, 3.8) is 0 Å². The molecule has 11 nitrogen and oxygen atoms in total. The van der Waals surface area contributed by atoms with E-state index < -0.39 is 11.3 Å². The third-order valence-electron chi connectivity index (χ3n) is 6.40. The molecule has 1 aromatic carbocycles. The number of amidine groups is 1. The first kappa shape index (κ1) is 23.3. The topological polar surface area (TPSA) is 150 Å². The number of benzene rings is 1. The van der Waals surface area contributed by atoms with Gasteiger partial charge in [-0.15, -0.1) is 0 Å². The second kappa shape index (κ2) is 8.76. The number of hydrogen-bond acceptors (Lipinski definition) is 9. The molecule has 0 fully saturated rings. The van der Waals surface area contributed by atoms with Crippen molar-refractivity contribution in [3.05, 3.63) is 83.8 Å². The molecule has 5 heterocycles. The van der Waals surface area contributed by atoms with Crippen molar-refractivity contribution in [1.82, 2.24) is 34.7 Å². The monoisotopic (exact) mass is 508 g/mol. The van der Waals surface area contributed by atoms with Crippen molar-refractivity contribution < 1.29 is 9.18 Å². The third-order valence-corrected chi connectivity index (χ3v) is 6.40. The molecule has 1 aliphatic heterocycles. The van der Waals surface area contributed by atoms with Crippen LogP contribution in [0.3, 0.4) is 0 Å². The lowest BCUT2D eigenvalue weighted by Crippen LogP contribution is -2.34. The van der Waals surface area contributed by atoms with Gasteiger partial charge in [-0.3, -0.25) is 9.78 Å². The summed E-state index contributed by atoms with van der Waals surface area (Å²) in [6.07, 6.45) is 6.03. The Kier molecular flexibility index (Phi) is 5.37. The van der Waals surface area contributed by atoms with Crippen LogP contribution in [0.15, 0.2) is 66.2 Å². The summed E-state index contributed by atoms with van der Waals surface area (Å²) < 4.78 is 16.0. The van der Waals surface area contributed by atoms with E-state index in [-0.39, 0.29) is 35.5 Å². The number of pyridine rings is 1. The van der Waals surface area contributed by atoms with Crippen LogP contribution in [0.25, 0.3) is 22.6 Å². The normalized spacial score (nSPS) is 13.8. The molecule has 6 rings (SSSR count). The quantitative estimate of drug-likeness (QED) is 0.367. The van der Waals surface area contributed by atoms with Crippen molar-refractivity contribution >= 4 is 34.4 Å². The summed E-state index contributed by atoms with van der Waals surface area (Å²) in [4.78, 5) is 39.8. The number of nitrogens with two attached hydrogens (primary N) is 1. The number of fused-ring (bicyclic) bond motifs is 2. The molecule has 5 aromatic rings. The van der Waals surface area contributed by atoms with E-state index in [0.717, 1.165) is 0 Å². The fraction of sp³-hybridized carbons (Fsp3) is 0.154.